The second-order valence-electron chi connectivity index (χ2n) is 21.8. The lowest BCUT2D eigenvalue weighted by atomic mass is 9.60. The van der Waals surface area contributed by atoms with Gasteiger partial charge in [-0.3, -0.25) is 28.9 Å². The molecule has 1 spiro atoms. The van der Waals surface area contributed by atoms with Crippen LogP contribution in [0.5, 0.6) is 0 Å². The first kappa shape index (κ1) is 55.2. The molecule has 5 atom stereocenters. The number of nitrogens with one attached hydrogen (secondary N) is 5. The zero-order chi connectivity index (χ0) is 51.1. The molecule has 2 aromatic carbocycles. The van der Waals surface area contributed by atoms with Gasteiger partial charge in [-0.2, -0.15) is 0 Å². The minimum absolute atomic E-state index is 0.0509. The van der Waals surface area contributed by atoms with Gasteiger partial charge in [0, 0.05) is 45.1 Å². The van der Waals surface area contributed by atoms with Gasteiger partial charge in [0.1, 0.15) is 35.4 Å². The predicted octanol–water partition coefficient (Wildman–Crippen LogP) is 5.93. The van der Waals surface area contributed by atoms with Gasteiger partial charge in [0.2, 0.25) is 23.6 Å². The molecular formula is C53H79N7O10. The topological polar surface area (TPSA) is 214 Å². The molecule has 0 unspecified atom stereocenters. The summed E-state index contributed by atoms with van der Waals surface area (Å²) >= 11 is 0. The normalized spacial score (nSPS) is 18.9. The standard InChI is InChI=1S/C53H79N7O10/c1-36(2)30-41(56-46(63)42(31-37-18-11-9-12-19-37)57-47(64)43(32-38-20-13-10-14-21-38)58-50(67)70-52(6,7)8)45(62)55-40(22-15-16-26-54-49(66)69-51(3,4)5)48(65)59-28-24-53(25-29-59)33-39(34-53)60-27-17-23-44(60)68-35-61/h9-14,18-21,35-36,39-44H,15-17,22-34H2,1-8H3,(H,54,66)(H,55,62)(H,56,63)(H,57,64)(H,58,67)/t40-,41-,42-,43-,44+/m1/s1. The Bertz CT molecular complexity index is 2040. The number of carbonyl (C=O) groups is 7. The van der Waals surface area contributed by atoms with Crippen LogP contribution in [-0.2, 0) is 51.0 Å². The fourth-order valence-corrected chi connectivity index (χ4v) is 9.71. The molecule has 0 bridgehead atoms. The van der Waals surface area contributed by atoms with E-state index in [1.807, 2.05) is 79.4 Å². The average Bonchev–Trinajstić information content (AvgIpc) is 3.73. The molecule has 17 nitrogen and oxygen atoms in total. The second kappa shape index (κ2) is 25.4. The monoisotopic (exact) mass is 974 g/mol. The van der Waals surface area contributed by atoms with Crippen LogP contribution in [0.1, 0.15) is 131 Å². The van der Waals surface area contributed by atoms with E-state index >= 15 is 0 Å². The van der Waals surface area contributed by atoms with Gasteiger partial charge in [0.15, 0.2) is 6.23 Å². The summed E-state index contributed by atoms with van der Waals surface area (Å²) in [7, 11) is 0. The van der Waals surface area contributed by atoms with E-state index in [9.17, 15) is 33.6 Å². The summed E-state index contributed by atoms with van der Waals surface area (Å²) in [6.45, 7) is 17.2. The molecule has 2 saturated heterocycles. The van der Waals surface area contributed by atoms with Crippen LogP contribution >= 0.6 is 0 Å². The zero-order valence-electron chi connectivity index (χ0n) is 42.7. The zero-order valence-corrected chi connectivity index (χ0v) is 42.7. The highest BCUT2D eigenvalue weighted by Gasteiger charge is 2.51. The number of likely N-dealkylation sites (tertiary alicyclic amines) is 2. The first-order chi connectivity index (χ1) is 33.1. The largest absolute Gasteiger partial charge is 0.449 e. The molecule has 70 heavy (non-hydrogen) atoms. The Balaban J connectivity index is 1.30. The number of benzene rings is 2. The molecule has 2 aliphatic heterocycles. The van der Waals surface area contributed by atoms with Gasteiger partial charge in [-0.05, 0) is 128 Å². The highest BCUT2D eigenvalue weighted by molar-refractivity contribution is 5.95. The number of alkyl carbamates (subject to hydrolysis) is 2. The summed E-state index contributed by atoms with van der Waals surface area (Å²) in [5, 5.41) is 14.3. The maximum absolute atomic E-state index is 14.5. The van der Waals surface area contributed by atoms with Crippen LogP contribution in [0.25, 0.3) is 0 Å². The lowest BCUT2D eigenvalue weighted by Crippen LogP contribution is -2.60. The van der Waals surface area contributed by atoms with Crippen molar-refractivity contribution in [3.63, 3.8) is 0 Å². The fourth-order valence-electron chi connectivity index (χ4n) is 9.71. The Kier molecular flexibility index (Phi) is 20.1. The van der Waals surface area contributed by atoms with E-state index in [0.717, 1.165) is 56.2 Å². The average molecular weight is 974 g/mol. The molecular weight excluding hydrogens is 895 g/mol. The fraction of sp³-hybridized carbons (Fsp3) is 0.642. The Hall–Kier alpha value is -5.71. The van der Waals surface area contributed by atoms with E-state index in [4.69, 9.17) is 14.2 Å². The number of ether oxygens (including phenoxy) is 3. The minimum Gasteiger partial charge on any atom is -0.449 e. The van der Waals surface area contributed by atoms with Gasteiger partial charge < -0.3 is 45.7 Å². The van der Waals surface area contributed by atoms with E-state index < -0.39 is 65.3 Å². The maximum atomic E-state index is 14.5. The molecule has 2 aromatic rings. The van der Waals surface area contributed by atoms with Gasteiger partial charge in [0.25, 0.3) is 6.47 Å². The highest BCUT2D eigenvalue weighted by atomic mass is 16.6. The molecule has 1 saturated carbocycles. The van der Waals surface area contributed by atoms with Gasteiger partial charge in [-0.1, -0.05) is 74.5 Å². The Morgan fingerprint density at radius 3 is 1.74 bits per heavy atom. The number of nitrogens with zero attached hydrogens (tertiary/aromatic N) is 2. The number of rotatable bonds is 22. The van der Waals surface area contributed by atoms with Crippen molar-refractivity contribution in [2.75, 3.05) is 26.2 Å². The Labute approximate surface area is 414 Å². The third kappa shape index (κ3) is 17.6. The summed E-state index contributed by atoms with van der Waals surface area (Å²) in [4.78, 5) is 98.4. The van der Waals surface area contributed by atoms with E-state index in [0.29, 0.717) is 51.4 Å². The summed E-state index contributed by atoms with van der Waals surface area (Å²) in [5.41, 5.74) is 0.158. The van der Waals surface area contributed by atoms with Crippen LogP contribution < -0.4 is 26.6 Å². The van der Waals surface area contributed by atoms with Crippen molar-refractivity contribution in [3.05, 3.63) is 71.8 Å². The van der Waals surface area contributed by atoms with Gasteiger partial charge in [-0.25, -0.2) is 9.59 Å². The predicted molar refractivity (Wildman–Crippen MR) is 265 cm³/mol. The van der Waals surface area contributed by atoms with E-state index in [1.54, 1.807) is 41.5 Å². The first-order valence-electron chi connectivity index (χ1n) is 25.2. The molecule has 0 radical (unpaired) electrons. The molecule has 2 heterocycles. The Morgan fingerprint density at radius 2 is 1.20 bits per heavy atom. The summed E-state index contributed by atoms with van der Waals surface area (Å²) in [6, 6.07) is 14.5. The van der Waals surface area contributed by atoms with Crippen molar-refractivity contribution in [3.8, 4) is 0 Å². The molecule has 17 heteroatoms. The lowest BCUT2D eigenvalue weighted by molar-refractivity contribution is -0.151. The summed E-state index contributed by atoms with van der Waals surface area (Å²) < 4.78 is 16.2. The molecule has 5 N–H and O–H groups in total. The van der Waals surface area contributed by atoms with Crippen molar-refractivity contribution in [1.82, 2.24) is 36.4 Å². The van der Waals surface area contributed by atoms with Crippen LogP contribution in [0.15, 0.2) is 60.7 Å². The van der Waals surface area contributed by atoms with Gasteiger partial charge >= 0.3 is 12.2 Å². The number of hydrogen-bond acceptors (Lipinski definition) is 11. The SMILES string of the molecule is CC(C)C[C@@H](NC(=O)[C@@H](Cc1ccccc1)NC(=O)[C@@H](Cc1ccccc1)NC(=O)OC(C)(C)C)C(=O)N[C@H](CCCCNC(=O)OC(C)(C)C)C(=O)N1CCC2(CC1)CC(N1CCC[C@@H]1OC=O)C2. The van der Waals surface area contributed by atoms with Crippen LogP contribution in [0.4, 0.5) is 9.59 Å². The molecule has 386 valence electrons. The van der Waals surface area contributed by atoms with Crippen LogP contribution in [-0.4, -0.2) is 126 Å². The van der Waals surface area contributed by atoms with Crippen molar-refractivity contribution >= 4 is 42.3 Å². The van der Waals surface area contributed by atoms with Crippen molar-refractivity contribution in [2.24, 2.45) is 11.3 Å². The van der Waals surface area contributed by atoms with E-state index in [1.165, 1.54) is 0 Å². The van der Waals surface area contributed by atoms with Crippen LogP contribution in [0.3, 0.4) is 0 Å². The smallest absolute Gasteiger partial charge is 0.408 e. The van der Waals surface area contributed by atoms with Crippen LogP contribution in [0, 0.1) is 11.3 Å². The molecule has 0 aromatic heterocycles. The van der Waals surface area contributed by atoms with Crippen molar-refractivity contribution in [2.45, 2.75) is 180 Å². The molecule has 5 rings (SSSR count). The molecule has 3 fully saturated rings. The lowest BCUT2D eigenvalue weighted by Gasteiger charge is -2.55. The minimum atomic E-state index is -1.16. The number of unbranched alkanes of at least 4 members (excludes halogenated alkanes) is 1. The van der Waals surface area contributed by atoms with Crippen molar-refractivity contribution < 1.29 is 47.8 Å². The summed E-state index contributed by atoms with van der Waals surface area (Å²) in [5.74, 6) is -2.01. The number of carbonyl (C=O) groups excluding carboxylic acids is 7. The van der Waals surface area contributed by atoms with Gasteiger partial charge in [-0.15, -0.1) is 0 Å². The van der Waals surface area contributed by atoms with Crippen LogP contribution in [0.2, 0.25) is 0 Å². The number of piperidine rings is 1. The molecule has 3 aliphatic rings. The molecule has 6 amide bonds. The number of hydrogen-bond donors (Lipinski definition) is 5. The second-order valence-corrected chi connectivity index (χ2v) is 21.8. The first-order valence-corrected chi connectivity index (χ1v) is 25.2. The third-order valence-corrected chi connectivity index (χ3v) is 13.1. The number of amides is 6. The summed E-state index contributed by atoms with van der Waals surface area (Å²) in [6.07, 6.45) is 5.69. The van der Waals surface area contributed by atoms with E-state index in [-0.39, 0.29) is 42.7 Å². The van der Waals surface area contributed by atoms with Gasteiger partial charge in [0.05, 0.1) is 0 Å². The maximum Gasteiger partial charge on any atom is 0.408 e. The van der Waals surface area contributed by atoms with E-state index in [2.05, 4.69) is 31.5 Å². The Morgan fingerprint density at radius 1 is 0.686 bits per heavy atom. The quantitative estimate of drug-likeness (QED) is 0.0530. The highest BCUT2D eigenvalue weighted by Crippen LogP contribution is 2.52. The van der Waals surface area contributed by atoms with Crippen molar-refractivity contribution in [1.29, 1.82) is 0 Å². The third-order valence-electron chi connectivity index (χ3n) is 13.1. The molecule has 1 aliphatic carbocycles.